The van der Waals surface area contributed by atoms with Crippen LogP contribution in [0.5, 0.6) is 5.75 Å². The van der Waals surface area contributed by atoms with E-state index in [0.717, 1.165) is 0 Å². The standard InChI is InChI=1S/C15H23N3O3/c1-11(2)9-18-14(19)6-7-17-15(20)10-21-13-5-3-4-12(16)8-13/h3-5,8,11H,6-7,9-10,16H2,1-2H3,(H,17,20)(H,18,19). The van der Waals surface area contributed by atoms with Gasteiger partial charge in [-0.15, -0.1) is 0 Å². The van der Waals surface area contributed by atoms with Crippen molar-refractivity contribution in [3.05, 3.63) is 24.3 Å². The molecular formula is C15H23N3O3. The molecule has 0 fully saturated rings. The number of amides is 2. The van der Waals surface area contributed by atoms with Crippen molar-refractivity contribution in [2.24, 2.45) is 5.92 Å². The van der Waals surface area contributed by atoms with E-state index in [2.05, 4.69) is 10.6 Å². The average Bonchev–Trinajstić information content (AvgIpc) is 2.43. The molecule has 0 saturated carbocycles. The molecule has 6 heteroatoms. The van der Waals surface area contributed by atoms with Gasteiger partial charge in [0, 0.05) is 31.3 Å². The molecule has 21 heavy (non-hydrogen) atoms. The smallest absolute Gasteiger partial charge is 0.257 e. The number of carbonyl (C=O) groups excluding carboxylic acids is 2. The molecule has 0 heterocycles. The van der Waals surface area contributed by atoms with Gasteiger partial charge in [0.2, 0.25) is 5.91 Å². The highest BCUT2D eigenvalue weighted by atomic mass is 16.5. The molecule has 1 aromatic rings. The van der Waals surface area contributed by atoms with E-state index in [4.69, 9.17) is 10.5 Å². The number of hydrogen-bond acceptors (Lipinski definition) is 4. The summed E-state index contributed by atoms with van der Waals surface area (Å²) >= 11 is 0. The first-order valence-electron chi connectivity index (χ1n) is 6.99. The van der Waals surface area contributed by atoms with Crippen molar-refractivity contribution in [2.45, 2.75) is 20.3 Å². The first kappa shape index (κ1) is 16.8. The second kappa shape index (κ2) is 8.84. The molecule has 0 saturated heterocycles. The fourth-order valence-electron chi connectivity index (χ4n) is 1.53. The number of carbonyl (C=O) groups is 2. The molecule has 0 bridgehead atoms. The highest BCUT2D eigenvalue weighted by Gasteiger charge is 2.05. The molecule has 0 aliphatic rings. The second-order valence-electron chi connectivity index (χ2n) is 5.16. The molecular weight excluding hydrogens is 270 g/mol. The SMILES string of the molecule is CC(C)CNC(=O)CCNC(=O)COc1cccc(N)c1. The Kier molecular flexibility index (Phi) is 7.08. The summed E-state index contributed by atoms with van der Waals surface area (Å²) in [5.41, 5.74) is 6.18. The largest absolute Gasteiger partial charge is 0.484 e. The van der Waals surface area contributed by atoms with Gasteiger partial charge in [-0.05, 0) is 18.1 Å². The summed E-state index contributed by atoms with van der Waals surface area (Å²) in [7, 11) is 0. The normalized spacial score (nSPS) is 10.2. The van der Waals surface area contributed by atoms with Gasteiger partial charge >= 0.3 is 0 Å². The third-order valence-electron chi connectivity index (χ3n) is 2.61. The minimum atomic E-state index is -0.269. The number of rotatable bonds is 8. The zero-order chi connectivity index (χ0) is 15.7. The van der Waals surface area contributed by atoms with Crippen molar-refractivity contribution in [3.8, 4) is 5.75 Å². The van der Waals surface area contributed by atoms with Crippen LogP contribution in [-0.2, 0) is 9.59 Å². The Labute approximate surface area is 125 Å². The van der Waals surface area contributed by atoms with E-state index in [1.807, 2.05) is 13.8 Å². The number of benzene rings is 1. The lowest BCUT2D eigenvalue weighted by molar-refractivity contribution is -0.123. The number of nitrogens with one attached hydrogen (secondary N) is 2. The van der Waals surface area contributed by atoms with Gasteiger partial charge in [0.1, 0.15) is 5.75 Å². The summed E-state index contributed by atoms with van der Waals surface area (Å²) in [6.07, 6.45) is 0.261. The molecule has 0 spiro atoms. The van der Waals surface area contributed by atoms with E-state index < -0.39 is 0 Å². The first-order chi connectivity index (χ1) is 9.97. The predicted octanol–water partition coefficient (Wildman–Crippen LogP) is 0.926. The van der Waals surface area contributed by atoms with E-state index in [9.17, 15) is 9.59 Å². The Balaban J connectivity index is 2.15. The molecule has 1 rings (SSSR count). The van der Waals surface area contributed by atoms with Crippen LogP contribution in [0.15, 0.2) is 24.3 Å². The van der Waals surface area contributed by atoms with Gasteiger partial charge < -0.3 is 21.1 Å². The summed E-state index contributed by atoms with van der Waals surface area (Å²) in [6, 6.07) is 6.86. The van der Waals surface area contributed by atoms with Crippen LogP contribution >= 0.6 is 0 Å². The lowest BCUT2D eigenvalue weighted by atomic mass is 10.2. The minimum Gasteiger partial charge on any atom is -0.484 e. The highest BCUT2D eigenvalue weighted by molar-refractivity contribution is 5.79. The van der Waals surface area contributed by atoms with Crippen LogP contribution in [0.3, 0.4) is 0 Å². The summed E-state index contributed by atoms with van der Waals surface area (Å²) < 4.78 is 5.29. The molecule has 0 aliphatic carbocycles. The molecule has 1 aromatic carbocycles. The zero-order valence-corrected chi connectivity index (χ0v) is 12.5. The third kappa shape index (κ3) is 7.81. The fourth-order valence-corrected chi connectivity index (χ4v) is 1.53. The minimum absolute atomic E-state index is 0.0687. The van der Waals surface area contributed by atoms with Crippen molar-refractivity contribution in [2.75, 3.05) is 25.4 Å². The Morgan fingerprint density at radius 2 is 2.00 bits per heavy atom. The number of anilines is 1. The number of ether oxygens (including phenoxy) is 1. The molecule has 4 N–H and O–H groups in total. The molecule has 0 radical (unpaired) electrons. The van der Waals surface area contributed by atoms with Gasteiger partial charge in [0.15, 0.2) is 6.61 Å². The van der Waals surface area contributed by atoms with Crippen LogP contribution in [0.4, 0.5) is 5.69 Å². The molecule has 2 amide bonds. The predicted molar refractivity (Wildman–Crippen MR) is 81.8 cm³/mol. The fraction of sp³-hybridized carbons (Fsp3) is 0.467. The topological polar surface area (TPSA) is 93.5 Å². The number of nitrogen functional groups attached to an aromatic ring is 1. The van der Waals surface area contributed by atoms with Crippen LogP contribution in [0.25, 0.3) is 0 Å². The van der Waals surface area contributed by atoms with Crippen LogP contribution in [-0.4, -0.2) is 31.5 Å². The zero-order valence-electron chi connectivity index (χ0n) is 12.5. The first-order valence-corrected chi connectivity index (χ1v) is 6.99. The van der Waals surface area contributed by atoms with Gasteiger partial charge in [0.05, 0.1) is 0 Å². The molecule has 0 atom stereocenters. The van der Waals surface area contributed by atoms with Gasteiger partial charge in [-0.1, -0.05) is 19.9 Å². The molecule has 0 unspecified atom stereocenters. The van der Waals surface area contributed by atoms with Crippen molar-refractivity contribution >= 4 is 17.5 Å². The monoisotopic (exact) mass is 293 g/mol. The van der Waals surface area contributed by atoms with E-state index in [0.29, 0.717) is 30.4 Å². The van der Waals surface area contributed by atoms with Crippen LogP contribution in [0.1, 0.15) is 20.3 Å². The highest BCUT2D eigenvalue weighted by Crippen LogP contribution is 2.13. The van der Waals surface area contributed by atoms with Crippen LogP contribution in [0.2, 0.25) is 0 Å². The molecule has 116 valence electrons. The van der Waals surface area contributed by atoms with Crippen molar-refractivity contribution < 1.29 is 14.3 Å². The maximum absolute atomic E-state index is 11.5. The Bertz CT molecular complexity index is 475. The average molecular weight is 293 g/mol. The molecule has 6 nitrogen and oxygen atoms in total. The van der Waals surface area contributed by atoms with Gasteiger partial charge in [-0.3, -0.25) is 9.59 Å². The quantitative estimate of drug-likeness (QED) is 0.621. The lowest BCUT2D eigenvalue weighted by Gasteiger charge is -2.09. The third-order valence-corrected chi connectivity index (χ3v) is 2.61. The summed E-state index contributed by atoms with van der Waals surface area (Å²) in [5.74, 6) is 0.616. The summed E-state index contributed by atoms with van der Waals surface area (Å²) in [6.45, 7) is 4.89. The number of nitrogens with two attached hydrogens (primary N) is 1. The van der Waals surface area contributed by atoms with E-state index in [-0.39, 0.29) is 24.8 Å². The van der Waals surface area contributed by atoms with Crippen molar-refractivity contribution in [1.82, 2.24) is 10.6 Å². The van der Waals surface area contributed by atoms with Crippen LogP contribution in [0, 0.1) is 5.92 Å². The van der Waals surface area contributed by atoms with E-state index in [1.54, 1.807) is 24.3 Å². The van der Waals surface area contributed by atoms with Gasteiger partial charge in [-0.25, -0.2) is 0 Å². The van der Waals surface area contributed by atoms with Crippen molar-refractivity contribution in [3.63, 3.8) is 0 Å². The van der Waals surface area contributed by atoms with Gasteiger partial charge in [0.25, 0.3) is 5.91 Å². The molecule has 0 aliphatic heterocycles. The Morgan fingerprint density at radius 3 is 2.67 bits per heavy atom. The molecule has 0 aromatic heterocycles. The lowest BCUT2D eigenvalue weighted by Crippen LogP contribution is -2.34. The van der Waals surface area contributed by atoms with Crippen LogP contribution < -0.4 is 21.1 Å². The Morgan fingerprint density at radius 1 is 1.24 bits per heavy atom. The summed E-state index contributed by atoms with van der Waals surface area (Å²) in [5, 5.41) is 5.41. The second-order valence-corrected chi connectivity index (χ2v) is 5.16. The van der Waals surface area contributed by atoms with E-state index in [1.165, 1.54) is 0 Å². The van der Waals surface area contributed by atoms with E-state index >= 15 is 0 Å². The Hall–Kier alpha value is -2.24. The maximum atomic E-state index is 11.5. The summed E-state index contributed by atoms with van der Waals surface area (Å²) in [4.78, 5) is 23.0. The van der Waals surface area contributed by atoms with Crippen molar-refractivity contribution in [1.29, 1.82) is 0 Å². The maximum Gasteiger partial charge on any atom is 0.257 e. The number of hydrogen-bond donors (Lipinski definition) is 3. The van der Waals surface area contributed by atoms with Gasteiger partial charge in [-0.2, -0.15) is 0 Å².